The molecule has 0 fully saturated rings. The highest BCUT2D eigenvalue weighted by Gasteiger charge is 2.24. The van der Waals surface area contributed by atoms with Gasteiger partial charge >= 0.3 is 5.97 Å². The number of nitrogens with one attached hydrogen (secondary N) is 1. The average molecular weight is 229 g/mol. The van der Waals surface area contributed by atoms with Gasteiger partial charge in [-0.05, 0) is 32.6 Å². The van der Waals surface area contributed by atoms with Gasteiger partial charge in [-0.1, -0.05) is 20.8 Å². The predicted molar refractivity (Wildman–Crippen MR) is 67.4 cm³/mol. The lowest BCUT2D eigenvalue weighted by Crippen LogP contribution is -2.43. The Morgan fingerprint density at radius 3 is 2.19 bits per heavy atom. The van der Waals surface area contributed by atoms with Gasteiger partial charge in [-0.15, -0.1) is 0 Å². The van der Waals surface area contributed by atoms with Crippen molar-refractivity contribution in [3.05, 3.63) is 0 Å². The zero-order chi connectivity index (χ0) is 12.8. The summed E-state index contributed by atoms with van der Waals surface area (Å²) in [5.41, 5.74) is 0.352. The Labute approximate surface area is 99.9 Å². The van der Waals surface area contributed by atoms with Crippen molar-refractivity contribution >= 4 is 5.97 Å². The van der Waals surface area contributed by atoms with E-state index in [2.05, 4.69) is 39.9 Å². The van der Waals surface area contributed by atoms with Gasteiger partial charge < -0.3 is 10.1 Å². The van der Waals surface area contributed by atoms with Crippen LogP contribution in [0.3, 0.4) is 0 Å². The molecule has 0 heterocycles. The largest absolute Gasteiger partial charge is 0.466 e. The third-order valence-electron chi connectivity index (χ3n) is 2.21. The van der Waals surface area contributed by atoms with Crippen molar-refractivity contribution in [3.8, 4) is 0 Å². The van der Waals surface area contributed by atoms with E-state index in [1.165, 1.54) is 0 Å². The molecule has 0 aliphatic rings. The van der Waals surface area contributed by atoms with Crippen molar-refractivity contribution < 1.29 is 9.53 Å². The first-order chi connectivity index (χ1) is 7.16. The summed E-state index contributed by atoms with van der Waals surface area (Å²) in [6, 6.07) is 0. The second kappa shape index (κ2) is 6.24. The van der Waals surface area contributed by atoms with E-state index in [1.54, 1.807) is 0 Å². The van der Waals surface area contributed by atoms with E-state index in [0.29, 0.717) is 25.0 Å². The Bertz CT molecular complexity index is 216. The highest BCUT2D eigenvalue weighted by atomic mass is 16.5. The maximum Gasteiger partial charge on any atom is 0.307 e. The first-order valence-corrected chi connectivity index (χ1v) is 6.07. The molecule has 0 aromatic carbocycles. The highest BCUT2D eigenvalue weighted by Crippen LogP contribution is 2.26. The fraction of sp³-hybridized carbons (Fsp3) is 0.923. The first-order valence-electron chi connectivity index (χ1n) is 6.07. The zero-order valence-electron chi connectivity index (χ0n) is 11.6. The van der Waals surface area contributed by atoms with Crippen LogP contribution in [0.2, 0.25) is 0 Å². The molecule has 0 saturated carbocycles. The molecule has 0 aromatic heterocycles. The molecule has 0 rings (SSSR count). The zero-order valence-corrected chi connectivity index (χ0v) is 11.6. The molecular weight excluding hydrogens is 202 g/mol. The number of hydrogen-bond donors (Lipinski definition) is 1. The van der Waals surface area contributed by atoms with E-state index in [-0.39, 0.29) is 11.5 Å². The van der Waals surface area contributed by atoms with E-state index >= 15 is 0 Å². The molecule has 0 aromatic rings. The quantitative estimate of drug-likeness (QED) is 0.712. The minimum atomic E-state index is -0.124. The molecule has 96 valence electrons. The number of carbonyl (C=O) groups is 1. The molecule has 0 aliphatic carbocycles. The molecule has 16 heavy (non-hydrogen) atoms. The van der Waals surface area contributed by atoms with Crippen LogP contribution >= 0.6 is 0 Å². The molecule has 0 aliphatic heterocycles. The van der Waals surface area contributed by atoms with Crippen molar-refractivity contribution in [2.45, 2.75) is 59.9 Å². The molecule has 0 amide bonds. The van der Waals surface area contributed by atoms with Crippen LogP contribution in [-0.2, 0) is 9.53 Å². The smallest absolute Gasteiger partial charge is 0.307 e. The van der Waals surface area contributed by atoms with Crippen molar-refractivity contribution in [3.63, 3.8) is 0 Å². The Hall–Kier alpha value is -0.570. The van der Waals surface area contributed by atoms with E-state index in [1.807, 2.05) is 6.92 Å². The number of carbonyl (C=O) groups excluding carboxylic acids is 1. The Morgan fingerprint density at radius 2 is 1.75 bits per heavy atom. The molecule has 1 N–H and O–H groups in total. The van der Waals surface area contributed by atoms with Gasteiger partial charge in [0.25, 0.3) is 0 Å². The topological polar surface area (TPSA) is 38.3 Å². The molecule has 0 unspecified atom stereocenters. The van der Waals surface area contributed by atoms with Gasteiger partial charge in [0.15, 0.2) is 0 Å². The van der Waals surface area contributed by atoms with Gasteiger partial charge in [0.05, 0.1) is 13.0 Å². The van der Waals surface area contributed by atoms with Crippen molar-refractivity contribution in [1.29, 1.82) is 0 Å². The average Bonchev–Trinajstić information content (AvgIpc) is 1.98. The summed E-state index contributed by atoms with van der Waals surface area (Å²) in [5, 5.41) is 3.40. The maximum absolute atomic E-state index is 11.2. The lowest BCUT2D eigenvalue weighted by atomic mass is 9.82. The van der Waals surface area contributed by atoms with Gasteiger partial charge in [0.2, 0.25) is 0 Å². The van der Waals surface area contributed by atoms with Crippen LogP contribution in [0.4, 0.5) is 0 Å². The maximum atomic E-state index is 11.2. The third kappa shape index (κ3) is 8.72. The van der Waals surface area contributed by atoms with Gasteiger partial charge in [0.1, 0.15) is 0 Å². The molecule has 0 bridgehead atoms. The first kappa shape index (κ1) is 15.4. The lowest BCUT2D eigenvalue weighted by molar-refractivity contribution is -0.143. The second-order valence-electron chi connectivity index (χ2n) is 6.10. The van der Waals surface area contributed by atoms with Gasteiger partial charge in [-0.2, -0.15) is 0 Å². The summed E-state index contributed by atoms with van der Waals surface area (Å²) in [4.78, 5) is 11.2. The van der Waals surface area contributed by atoms with E-state index in [0.717, 1.165) is 6.42 Å². The molecule has 0 radical (unpaired) electrons. The summed E-state index contributed by atoms with van der Waals surface area (Å²) in [6.07, 6.45) is 1.52. The third-order valence-corrected chi connectivity index (χ3v) is 2.21. The molecule has 0 atom stereocenters. The van der Waals surface area contributed by atoms with Crippen LogP contribution < -0.4 is 5.32 Å². The Balaban J connectivity index is 3.87. The monoisotopic (exact) mass is 229 g/mol. The van der Waals surface area contributed by atoms with Crippen molar-refractivity contribution in [1.82, 2.24) is 5.32 Å². The van der Waals surface area contributed by atoms with E-state index in [4.69, 9.17) is 4.74 Å². The fourth-order valence-corrected chi connectivity index (χ4v) is 2.12. The van der Waals surface area contributed by atoms with E-state index < -0.39 is 0 Å². The van der Waals surface area contributed by atoms with Crippen LogP contribution in [0.1, 0.15) is 54.4 Å². The van der Waals surface area contributed by atoms with Crippen LogP contribution in [0.25, 0.3) is 0 Å². The minimum Gasteiger partial charge on any atom is -0.466 e. The SMILES string of the molecule is CCOC(=O)CCNC(C)(C)CC(C)(C)C. The number of hydrogen-bond acceptors (Lipinski definition) is 3. The van der Waals surface area contributed by atoms with Crippen LogP contribution in [0.15, 0.2) is 0 Å². The van der Waals surface area contributed by atoms with Crippen molar-refractivity contribution in [2.24, 2.45) is 5.41 Å². The Kier molecular flexibility index (Phi) is 6.01. The molecular formula is C13H27NO2. The molecule has 3 nitrogen and oxygen atoms in total. The summed E-state index contributed by atoms with van der Waals surface area (Å²) >= 11 is 0. The highest BCUT2D eigenvalue weighted by molar-refractivity contribution is 5.69. The predicted octanol–water partition coefficient (Wildman–Crippen LogP) is 2.74. The number of ether oxygens (including phenoxy) is 1. The summed E-state index contributed by atoms with van der Waals surface area (Å²) in [7, 11) is 0. The summed E-state index contributed by atoms with van der Waals surface area (Å²) < 4.78 is 4.88. The standard InChI is InChI=1S/C13H27NO2/c1-7-16-11(15)8-9-14-13(5,6)10-12(2,3)4/h14H,7-10H2,1-6H3. The van der Waals surface area contributed by atoms with Crippen LogP contribution in [0, 0.1) is 5.41 Å². The van der Waals surface area contributed by atoms with Crippen LogP contribution in [-0.4, -0.2) is 24.7 Å². The van der Waals surface area contributed by atoms with Gasteiger partial charge in [0, 0.05) is 12.1 Å². The van der Waals surface area contributed by atoms with Crippen LogP contribution in [0.5, 0.6) is 0 Å². The minimum absolute atomic E-state index is 0.0603. The Morgan fingerprint density at radius 1 is 1.19 bits per heavy atom. The summed E-state index contributed by atoms with van der Waals surface area (Å²) in [6.45, 7) is 14.0. The van der Waals surface area contributed by atoms with Gasteiger partial charge in [-0.3, -0.25) is 4.79 Å². The van der Waals surface area contributed by atoms with E-state index in [9.17, 15) is 4.79 Å². The van der Waals surface area contributed by atoms with Gasteiger partial charge in [-0.25, -0.2) is 0 Å². The number of rotatable bonds is 6. The molecule has 3 heteroatoms. The lowest BCUT2D eigenvalue weighted by Gasteiger charge is -2.33. The molecule has 0 spiro atoms. The molecule has 0 saturated heterocycles. The fourth-order valence-electron chi connectivity index (χ4n) is 2.12. The number of esters is 1. The summed E-state index contributed by atoms with van der Waals surface area (Å²) in [5.74, 6) is -0.124. The normalized spacial score (nSPS) is 12.6. The second-order valence-corrected chi connectivity index (χ2v) is 6.10. The van der Waals surface area contributed by atoms with Crippen molar-refractivity contribution in [2.75, 3.05) is 13.2 Å².